The highest BCUT2D eigenvalue weighted by atomic mass is 19.4. The Morgan fingerprint density at radius 1 is 1.12 bits per heavy atom. The first-order valence-corrected chi connectivity index (χ1v) is 4.45. The van der Waals surface area contributed by atoms with Crippen LogP contribution < -0.4 is 4.74 Å². The fourth-order valence-electron chi connectivity index (χ4n) is 1.00. The number of hydrogen-bond donors (Lipinski definition) is 0. The number of rotatable bonds is 2. The van der Waals surface area contributed by atoms with Gasteiger partial charge < -0.3 is 4.74 Å². The van der Waals surface area contributed by atoms with Crippen LogP contribution in [0.5, 0.6) is 11.6 Å². The summed E-state index contributed by atoms with van der Waals surface area (Å²) >= 11 is 0. The largest absolute Gasteiger partial charge is 0.451 e. The molecule has 0 bridgehead atoms. The summed E-state index contributed by atoms with van der Waals surface area (Å²) in [6.07, 6.45) is -1.30. The predicted molar refractivity (Wildman–Crippen MR) is 50.2 cm³/mol. The monoisotopic (exact) mass is 240 g/mol. The maximum Gasteiger partial charge on any atom is 0.451 e. The topological polar surface area (TPSA) is 47.9 Å². The number of hydrogen-bond acceptors (Lipinski definition) is 4. The van der Waals surface area contributed by atoms with Crippen LogP contribution in [-0.2, 0) is 6.18 Å². The molecule has 4 nitrogen and oxygen atoms in total. The lowest BCUT2D eigenvalue weighted by atomic mass is 10.5. The van der Waals surface area contributed by atoms with Crippen LogP contribution in [0, 0.1) is 6.07 Å². The van der Waals surface area contributed by atoms with Gasteiger partial charge in [-0.05, 0) is 6.07 Å². The van der Waals surface area contributed by atoms with E-state index in [1.807, 2.05) is 0 Å². The third kappa shape index (κ3) is 2.90. The van der Waals surface area contributed by atoms with Gasteiger partial charge in [-0.1, -0.05) is 0 Å². The number of pyridine rings is 1. The van der Waals surface area contributed by atoms with Gasteiger partial charge in [-0.25, -0.2) is 15.0 Å². The maximum atomic E-state index is 12.2. The van der Waals surface area contributed by atoms with Gasteiger partial charge in [0.25, 0.3) is 0 Å². The zero-order chi connectivity index (χ0) is 12.3. The van der Waals surface area contributed by atoms with E-state index in [1.54, 1.807) is 6.07 Å². The fourth-order valence-corrected chi connectivity index (χ4v) is 1.00. The van der Waals surface area contributed by atoms with Crippen LogP contribution in [0.25, 0.3) is 0 Å². The maximum absolute atomic E-state index is 12.2. The van der Waals surface area contributed by atoms with Crippen LogP contribution in [0.1, 0.15) is 5.82 Å². The van der Waals surface area contributed by atoms with Gasteiger partial charge in [0.1, 0.15) is 0 Å². The summed E-state index contributed by atoms with van der Waals surface area (Å²) in [5.41, 5.74) is 0. The summed E-state index contributed by atoms with van der Waals surface area (Å²) in [7, 11) is 0. The molecule has 0 saturated heterocycles. The summed E-state index contributed by atoms with van der Waals surface area (Å²) < 4.78 is 41.6. The molecule has 87 valence electrons. The highest BCUT2D eigenvalue weighted by Crippen LogP contribution is 2.26. The van der Waals surface area contributed by atoms with E-state index in [2.05, 4.69) is 21.0 Å². The Morgan fingerprint density at radius 2 is 1.82 bits per heavy atom. The molecule has 2 aromatic heterocycles. The van der Waals surface area contributed by atoms with Crippen molar-refractivity contribution in [2.75, 3.05) is 0 Å². The van der Waals surface area contributed by atoms with E-state index in [0.717, 1.165) is 12.4 Å². The number of alkyl halides is 3. The first-order chi connectivity index (χ1) is 8.05. The van der Waals surface area contributed by atoms with Crippen LogP contribution in [0.3, 0.4) is 0 Å². The van der Waals surface area contributed by atoms with Crippen LogP contribution in [-0.4, -0.2) is 15.0 Å². The molecule has 1 radical (unpaired) electrons. The third-order valence-corrected chi connectivity index (χ3v) is 1.69. The van der Waals surface area contributed by atoms with Crippen molar-refractivity contribution in [3.63, 3.8) is 0 Å². The number of aromatic nitrogens is 3. The van der Waals surface area contributed by atoms with Crippen molar-refractivity contribution < 1.29 is 17.9 Å². The molecule has 0 fully saturated rings. The van der Waals surface area contributed by atoms with Gasteiger partial charge in [0.15, 0.2) is 5.75 Å². The Kier molecular flexibility index (Phi) is 2.90. The Labute approximate surface area is 94.1 Å². The summed E-state index contributed by atoms with van der Waals surface area (Å²) in [4.78, 5) is 10.1. The van der Waals surface area contributed by atoms with Crippen molar-refractivity contribution in [2.45, 2.75) is 6.18 Å². The summed E-state index contributed by atoms with van der Waals surface area (Å²) in [6.45, 7) is 0. The van der Waals surface area contributed by atoms with Crippen molar-refractivity contribution in [1.29, 1.82) is 0 Å². The van der Waals surface area contributed by atoms with Crippen LogP contribution in [0.2, 0.25) is 0 Å². The number of nitrogens with zero attached hydrogens (tertiary/aromatic N) is 3. The Bertz CT molecular complexity index is 484. The van der Waals surface area contributed by atoms with Gasteiger partial charge in [-0.15, -0.1) is 0 Å². The summed E-state index contributed by atoms with van der Waals surface area (Å²) in [6, 6.07) is 5.75. The van der Waals surface area contributed by atoms with E-state index < -0.39 is 12.0 Å². The van der Waals surface area contributed by atoms with E-state index in [0.29, 0.717) is 0 Å². The Hall–Kier alpha value is -2.18. The van der Waals surface area contributed by atoms with Gasteiger partial charge in [-0.3, -0.25) is 0 Å². The highest BCUT2D eigenvalue weighted by Gasteiger charge is 2.34. The Balaban J connectivity index is 2.14. The first-order valence-electron chi connectivity index (χ1n) is 4.45. The third-order valence-electron chi connectivity index (χ3n) is 1.69. The molecule has 7 heteroatoms. The van der Waals surface area contributed by atoms with Gasteiger partial charge in [-0.2, -0.15) is 13.2 Å². The predicted octanol–water partition coefficient (Wildman–Crippen LogP) is 2.48. The molecular formula is C10H5F3N3O. The molecule has 0 aromatic carbocycles. The quantitative estimate of drug-likeness (QED) is 0.809. The Morgan fingerprint density at radius 3 is 2.35 bits per heavy atom. The van der Waals surface area contributed by atoms with E-state index in [1.165, 1.54) is 12.3 Å². The molecule has 0 aliphatic carbocycles. The van der Waals surface area contributed by atoms with E-state index in [4.69, 9.17) is 4.74 Å². The van der Waals surface area contributed by atoms with Gasteiger partial charge in [0.2, 0.25) is 11.7 Å². The number of ether oxygens (including phenoxy) is 1. The lowest BCUT2D eigenvalue weighted by Crippen LogP contribution is -2.10. The lowest BCUT2D eigenvalue weighted by Gasteiger charge is -2.06. The fraction of sp³-hybridized carbons (Fsp3) is 0.100. The van der Waals surface area contributed by atoms with Crippen molar-refractivity contribution in [3.8, 4) is 11.6 Å². The second kappa shape index (κ2) is 4.36. The van der Waals surface area contributed by atoms with Gasteiger partial charge >= 0.3 is 6.18 Å². The van der Waals surface area contributed by atoms with E-state index in [9.17, 15) is 13.2 Å². The smallest absolute Gasteiger partial charge is 0.436 e. The molecule has 0 N–H and O–H groups in total. The van der Waals surface area contributed by atoms with Gasteiger partial charge in [0.05, 0.1) is 12.4 Å². The molecule has 0 saturated carbocycles. The molecule has 17 heavy (non-hydrogen) atoms. The molecule has 2 heterocycles. The lowest BCUT2D eigenvalue weighted by molar-refractivity contribution is -0.145. The van der Waals surface area contributed by atoms with E-state index >= 15 is 0 Å². The minimum atomic E-state index is -4.56. The van der Waals surface area contributed by atoms with E-state index in [-0.39, 0.29) is 11.6 Å². The zero-order valence-corrected chi connectivity index (χ0v) is 8.27. The number of halogens is 3. The van der Waals surface area contributed by atoms with Crippen molar-refractivity contribution in [3.05, 3.63) is 42.6 Å². The average molecular weight is 240 g/mol. The molecule has 0 spiro atoms. The summed E-state index contributed by atoms with van der Waals surface area (Å²) in [5.74, 6) is -0.900. The molecule has 0 amide bonds. The minimum Gasteiger partial charge on any atom is -0.436 e. The molecule has 0 atom stereocenters. The average Bonchev–Trinajstić information content (AvgIpc) is 2.30. The highest BCUT2D eigenvalue weighted by molar-refractivity contribution is 5.21. The molecule has 0 aliphatic heterocycles. The second-order valence-corrected chi connectivity index (χ2v) is 2.94. The molecule has 0 unspecified atom stereocenters. The summed E-state index contributed by atoms with van der Waals surface area (Å²) in [5, 5.41) is 0. The molecular weight excluding hydrogens is 235 g/mol. The first kappa shape index (κ1) is 11.3. The van der Waals surface area contributed by atoms with Crippen LogP contribution in [0.4, 0.5) is 13.2 Å². The van der Waals surface area contributed by atoms with Crippen LogP contribution in [0.15, 0.2) is 30.7 Å². The van der Waals surface area contributed by atoms with Gasteiger partial charge in [0, 0.05) is 18.3 Å². The molecule has 0 aliphatic rings. The SMILES string of the molecule is FC(F)(F)c1ncc(Oc2cc[c]cn2)cn1. The second-order valence-electron chi connectivity index (χ2n) is 2.94. The normalized spacial score (nSPS) is 11.2. The van der Waals surface area contributed by atoms with Crippen molar-refractivity contribution >= 4 is 0 Å². The molecule has 2 rings (SSSR count). The minimum absolute atomic E-state index is 0.0803. The molecule has 2 aromatic rings. The van der Waals surface area contributed by atoms with Crippen molar-refractivity contribution in [1.82, 2.24) is 15.0 Å². The standard InChI is InChI=1S/C10H5F3N3O/c11-10(12,13)9-15-5-7(6-16-9)17-8-3-1-2-4-14-8/h1,3-6H. The van der Waals surface area contributed by atoms with Crippen molar-refractivity contribution in [2.24, 2.45) is 0 Å². The van der Waals surface area contributed by atoms with Crippen LogP contribution >= 0.6 is 0 Å². The zero-order valence-electron chi connectivity index (χ0n) is 8.27.